The van der Waals surface area contributed by atoms with E-state index in [0.717, 1.165) is 10.8 Å². The van der Waals surface area contributed by atoms with Crippen molar-refractivity contribution in [3.05, 3.63) is 42.5 Å². The van der Waals surface area contributed by atoms with Crippen molar-refractivity contribution in [1.29, 1.82) is 0 Å². The van der Waals surface area contributed by atoms with Crippen LogP contribution in [0, 0.1) is 0 Å². The van der Waals surface area contributed by atoms with E-state index in [9.17, 15) is 13.2 Å². The van der Waals surface area contributed by atoms with Gasteiger partial charge in [-0.3, -0.25) is 4.79 Å². The Kier molecular flexibility index (Phi) is 3.82. The SMILES string of the molecule is CNC(=O)CNS(=O)(=O)c1ccc2ccccc2c1. The molecule has 2 aromatic carbocycles. The van der Waals surface area contributed by atoms with E-state index in [0.29, 0.717) is 0 Å². The van der Waals surface area contributed by atoms with Crippen LogP contribution < -0.4 is 10.0 Å². The second kappa shape index (κ2) is 5.38. The zero-order valence-electron chi connectivity index (χ0n) is 10.4. The van der Waals surface area contributed by atoms with Crippen LogP contribution in [0.15, 0.2) is 47.4 Å². The lowest BCUT2D eigenvalue weighted by Crippen LogP contribution is -2.35. The van der Waals surface area contributed by atoms with Crippen LogP contribution in [0.3, 0.4) is 0 Å². The van der Waals surface area contributed by atoms with Gasteiger partial charge >= 0.3 is 0 Å². The first-order chi connectivity index (χ1) is 9.03. The van der Waals surface area contributed by atoms with Gasteiger partial charge in [-0.2, -0.15) is 0 Å². The molecule has 0 radical (unpaired) electrons. The van der Waals surface area contributed by atoms with Gasteiger partial charge in [0.1, 0.15) is 0 Å². The number of sulfonamides is 1. The Morgan fingerprint density at radius 1 is 1.11 bits per heavy atom. The Bertz CT molecular complexity index is 711. The van der Waals surface area contributed by atoms with E-state index < -0.39 is 10.0 Å². The molecule has 0 unspecified atom stereocenters. The highest BCUT2D eigenvalue weighted by Gasteiger charge is 2.15. The second-order valence-electron chi connectivity index (χ2n) is 4.01. The molecule has 0 saturated heterocycles. The van der Waals surface area contributed by atoms with E-state index in [-0.39, 0.29) is 17.3 Å². The molecule has 19 heavy (non-hydrogen) atoms. The molecule has 6 heteroatoms. The Hall–Kier alpha value is -1.92. The van der Waals surface area contributed by atoms with Crippen LogP contribution in [0.2, 0.25) is 0 Å². The Morgan fingerprint density at radius 2 is 1.79 bits per heavy atom. The normalized spacial score (nSPS) is 11.4. The summed E-state index contributed by atoms with van der Waals surface area (Å²) in [4.78, 5) is 11.2. The first-order valence-electron chi connectivity index (χ1n) is 5.72. The van der Waals surface area contributed by atoms with Crippen LogP contribution in [0.25, 0.3) is 10.8 Å². The lowest BCUT2D eigenvalue weighted by atomic mass is 10.1. The summed E-state index contributed by atoms with van der Waals surface area (Å²) in [5, 5.41) is 4.16. The molecule has 0 aromatic heterocycles. The number of nitrogens with one attached hydrogen (secondary N) is 2. The minimum absolute atomic E-state index is 0.148. The summed E-state index contributed by atoms with van der Waals surface area (Å²) in [7, 11) is -2.22. The summed E-state index contributed by atoms with van der Waals surface area (Å²) in [6.45, 7) is -0.272. The maximum absolute atomic E-state index is 12.0. The molecule has 5 nitrogen and oxygen atoms in total. The molecule has 0 aliphatic carbocycles. The number of amides is 1. The summed E-state index contributed by atoms with van der Waals surface area (Å²) in [6, 6.07) is 12.3. The van der Waals surface area contributed by atoms with Crippen molar-refractivity contribution in [2.45, 2.75) is 4.90 Å². The van der Waals surface area contributed by atoms with Crippen molar-refractivity contribution in [3.63, 3.8) is 0 Å². The van der Waals surface area contributed by atoms with Gasteiger partial charge in [0.25, 0.3) is 0 Å². The summed E-state index contributed by atoms with van der Waals surface area (Å²) >= 11 is 0. The van der Waals surface area contributed by atoms with Crippen LogP contribution in [-0.2, 0) is 14.8 Å². The van der Waals surface area contributed by atoms with E-state index in [4.69, 9.17) is 0 Å². The molecule has 0 fully saturated rings. The van der Waals surface area contributed by atoms with Crippen molar-refractivity contribution >= 4 is 26.7 Å². The number of rotatable bonds is 4. The van der Waals surface area contributed by atoms with Crippen LogP contribution in [-0.4, -0.2) is 27.9 Å². The van der Waals surface area contributed by atoms with Crippen molar-refractivity contribution in [2.24, 2.45) is 0 Å². The number of carbonyl (C=O) groups excluding carboxylic acids is 1. The quantitative estimate of drug-likeness (QED) is 0.871. The van der Waals surface area contributed by atoms with Gasteiger partial charge in [-0.05, 0) is 22.9 Å². The van der Waals surface area contributed by atoms with Gasteiger partial charge in [-0.1, -0.05) is 30.3 Å². The van der Waals surface area contributed by atoms with E-state index in [2.05, 4.69) is 10.0 Å². The van der Waals surface area contributed by atoms with Gasteiger partial charge in [0.2, 0.25) is 15.9 Å². The van der Waals surface area contributed by atoms with Crippen LogP contribution in [0.1, 0.15) is 0 Å². The summed E-state index contributed by atoms with van der Waals surface area (Å²) < 4.78 is 26.3. The highest BCUT2D eigenvalue weighted by atomic mass is 32.2. The van der Waals surface area contributed by atoms with Gasteiger partial charge in [0.15, 0.2) is 0 Å². The maximum Gasteiger partial charge on any atom is 0.241 e. The largest absolute Gasteiger partial charge is 0.358 e. The Balaban J connectivity index is 2.30. The average Bonchev–Trinajstić information content (AvgIpc) is 2.44. The highest BCUT2D eigenvalue weighted by molar-refractivity contribution is 7.89. The smallest absolute Gasteiger partial charge is 0.241 e. The fourth-order valence-corrected chi connectivity index (χ4v) is 2.68. The standard InChI is InChI=1S/C13H14N2O3S/c1-14-13(16)9-15-19(17,18)12-7-6-10-4-2-3-5-11(10)8-12/h2-8,15H,9H2,1H3,(H,14,16). The van der Waals surface area contributed by atoms with E-state index in [1.165, 1.54) is 13.1 Å². The molecule has 2 N–H and O–H groups in total. The summed E-state index contributed by atoms with van der Waals surface area (Å²) in [6.07, 6.45) is 0. The molecular weight excluding hydrogens is 264 g/mol. The second-order valence-corrected chi connectivity index (χ2v) is 5.77. The molecule has 2 aromatic rings. The predicted molar refractivity (Wildman–Crippen MR) is 73.2 cm³/mol. The third-order valence-corrected chi connectivity index (χ3v) is 4.13. The third-order valence-electron chi connectivity index (χ3n) is 2.73. The number of hydrogen-bond donors (Lipinski definition) is 2. The lowest BCUT2D eigenvalue weighted by Gasteiger charge is -2.07. The van der Waals surface area contributed by atoms with E-state index in [1.54, 1.807) is 12.1 Å². The Labute approximate surface area is 111 Å². The van der Waals surface area contributed by atoms with Crippen LogP contribution in [0.4, 0.5) is 0 Å². The molecule has 0 bridgehead atoms. The number of likely N-dealkylation sites (N-methyl/N-ethyl adjacent to an activating group) is 1. The fraction of sp³-hybridized carbons (Fsp3) is 0.154. The van der Waals surface area contributed by atoms with E-state index >= 15 is 0 Å². The molecule has 0 aliphatic rings. The first kappa shape index (κ1) is 13.5. The summed E-state index contributed by atoms with van der Waals surface area (Å²) in [5.41, 5.74) is 0. The minimum atomic E-state index is -3.67. The first-order valence-corrected chi connectivity index (χ1v) is 7.20. The van der Waals surface area contributed by atoms with E-state index in [1.807, 2.05) is 24.3 Å². The zero-order valence-corrected chi connectivity index (χ0v) is 11.2. The Morgan fingerprint density at radius 3 is 2.47 bits per heavy atom. The van der Waals surface area contributed by atoms with Gasteiger partial charge in [-0.25, -0.2) is 13.1 Å². The molecular formula is C13H14N2O3S. The lowest BCUT2D eigenvalue weighted by molar-refractivity contribution is -0.119. The third kappa shape index (κ3) is 3.10. The maximum atomic E-state index is 12.0. The molecule has 100 valence electrons. The average molecular weight is 278 g/mol. The van der Waals surface area contributed by atoms with Crippen molar-refractivity contribution in [2.75, 3.05) is 13.6 Å². The molecule has 2 rings (SSSR count). The predicted octanol–water partition coefficient (Wildman–Crippen LogP) is 0.864. The van der Waals surface area contributed by atoms with Gasteiger partial charge in [0, 0.05) is 7.05 Å². The molecule has 0 spiro atoms. The van der Waals surface area contributed by atoms with Gasteiger partial charge < -0.3 is 5.32 Å². The zero-order chi connectivity index (χ0) is 13.9. The number of hydrogen-bond acceptors (Lipinski definition) is 3. The van der Waals surface area contributed by atoms with Crippen LogP contribution >= 0.6 is 0 Å². The fourth-order valence-electron chi connectivity index (χ4n) is 1.67. The number of carbonyl (C=O) groups is 1. The number of benzene rings is 2. The summed E-state index contributed by atoms with van der Waals surface area (Å²) in [5.74, 6) is -0.385. The molecule has 1 amide bonds. The van der Waals surface area contributed by atoms with Crippen molar-refractivity contribution < 1.29 is 13.2 Å². The highest BCUT2D eigenvalue weighted by Crippen LogP contribution is 2.18. The van der Waals surface area contributed by atoms with Crippen molar-refractivity contribution in [3.8, 4) is 0 Å². The molecule has 0 atom stereocenters. The van der Waals surface area contributed by atoms with Gasteiger partial charge in [0.05, 0.1) is 11.4 Å². The molecule has 0 aliphatic heterocycles. The van der Waals surface area contributed by atoms with Crippen LogP contribution in [0.5, 0.6) is 0 Å². The topological polar surface area (TPSA) is 75.3 Å². The number of fused-ring (bicyclic) bond motifs is 1. The van der Waals surface area contributed by atoms with Gasteiger partial charge in [-0.15, -0.1) is 0 Å². The molecule has 0 heterocycles. The monoisotopic (exact) mass is 278 g/mol. The minimum Gasteiger partial charge on any atom is -0.358 e. The molecule has 0 saturated carbocycles. The van der Waals surface area contributed by atoms with Crippen molar-refractivity contribution in [1.82, 2.24) is 10.0 Å².